The molecule has 0 aliphatic carbocycles. The monoisotopic (exact) mass is 261 g/mol. The van der Waals surface area contributed by atoms with E-state index in [2.05, 4.69) is 30.3 Å². The molecule has 0 fully saturated rings. The largest absolute Gasteiger partial charge is 0.469 e. The molecule has 2 rings (SSSR count). The molecule has 4 nitrogen and oxygen atoms in total. The van der Waals surface area contributed by atoms with Gasteiger partial charge in [-0.15, -0.1) is 0 Å². The Morgan fingerprint density at radius 2 is 2.32 bits per heavy atom. The van der Waals surface area contributed by atoms with Crippen molar-refractivity contribution >= 4 is 0 Å². The second kappa shape index (κ2) is 6.57. The van der Waals surface area contributed by atoms with Crippen LogP contribution in [0.25, 0.3) is 0 Å². The number of nitrogens with one attached hydrogen (secondary N) is 1. The molecule has 0 aliphatic heterocycles. The molecule has 0 saturated heterocycles. The number of hydrogen-bond acceptors (Lipinski definition) is 3. The van der Waals surface area contributed by atoms with Crippen molar-refractivity contribution in [3.63, 3.8) is 0 Å². The summed E-state index contributed by atoms with van der Waals surface area (Å²) in [4.78, 5) is 0. The first-order valence-electron chi connectivity index (χ1n) is 6.96. The molecule has 0 bridgehead atoms. The van der Waals surface area contributed by atoms with Crippen LogP contribution in [0.2, 0.25) is 0 Å². The Bertz CT molecular complexity index is 487. The first kappa shape index (κ1) is 13.9. The molecule has 2 aromatic heterocycles. The highest BCUT2D eigenvalue weighted by molar-refractivity contribution is 5.10. The summed E-state index contributed by atoms with van der Waals surface area (Å²) in [7, 11) is 2.00. The fraction of sp³-hybridized carbons (Fsp3) is 0.533. The highest BCUT2D eigenvalue weighted by atomic mass is 16.3. The van der Waals surface area contributed by atoms with Crippen molar-refractivity contribution in [1.82, 2.24) is 15.1 Å². The molecule has 4 heteroatoms. The van der Waals surface area contributed by atoms with Crippen LogP contribution in [0.15, 0.2) is 28.9 Å². The van der Waals surface area contributed by atoms with Crippen molar-refractivity contribution < 1.29 is 4.42 Å². The lowest BCUT2D eigenvalue weighted by molar-refractivity contribution is 0.455. The molecule has 0 saturated carbocycles. The molecule has 2 aromatic rings. The third kappa shape index (κ3) is 3.96. The second-order valence-electron chi connectivity index (χ2n) is 5.00. The number of aromatic nitrogens is 2. The average molecular weight is 261 g/mol. The lowest BCUT2D eigenvalue weighted by Gasteiger charge is -2.12. The van der Waals surface area contributed by atoms with E-state index < -0.39 is 0 Å². The summed E-state index contributed by atoms with van der Waals surface area (Å²) in [6, 6.07) is 6.60. The van der Waals surface area contributed by atoms with Gasteiger partial charge < -0.3 is 9.73 Å². The summed E-state index contributed by atoms with van der Waals surface area (Å²) in [5.41, 5.74) is 2.39. The van der Waals surface area contributed by atoms with E-state index in [1.165, 1.54) is 5.69 Å². The third-order valence-corrected chi connectivity index (χ3v) is 3.43. The van der Waals surface area contributed by atoms with Gasteiger partial charge >= 0.3 is 0 Å². The SMILES string of the molecule is CCc1cc(CNC(C)CCc2ccco2)n(C)n1. The molecule has 0 radical (unpaired) electrons. The van der Waals surface area contributed by atoms with Crippen molar-refractivity contribution in [3.05, 3.63) is 41.6 Å². The maximum atomic E-state index is 5.34. The molecule has 2 heterocycles. The number of aryl methyl sites for hydroxylation is 3. The molecule has 0 aliphatic rings. The van der Waals surface area contributed by atoms with Crippen LogP contribution in [-0.4, -0.2) is 15.8 Å². The van der Waals surface area contributed by atoms with Gasteiger partial charge in [0, 0.05) is 26.1 Å². The zero-order chi connectivity index (χ0) is 13.7. The van der Waals surface area contributed by atoms with E-state index in [-0.39, 0.29) is 0 Å². The maximum Gasteiger partial charge on any atom is 0.103 e. The first-order chi connectivity index (χ1) is 9.19. The van der Waals surface area contributed by atoms with Crippen LogP contribution in [0.1, 0.15) is 37.4 Å². The first-order valence-corrected chi connectivity index (χ1v) is 6.96. The normalized spacial score (nSPS) is 12.8. The molecule has 1 atom stereocenters. The van der Waals surface area contributed by atoms with Crippen LogP contribution in [-0.2, 0) is 26.4 Å². The number of hydrogen-bond donors (Lipinski definition) is 1. The zero-order valence-corrected chi connectivity index (χ0v) is 12.0. The standard InChI is InChI=1S/C15H23N3O/c1-4-13-10-14(18(3)17-13)11-16-12(2)7-8-15-6-5-9-19-15/h5-6,9-10,12,16H,4,7-8,11H2,1-3H3. The Hall–Kier alpha value is -1.55. The fourth-order valence-electron chi connectivity index (χ4n) is 2.10. The van der Waals surface area contributed by atoms with Gasteiger partial charge in [-0.25, -0.2) is 0 Å². The van der Waals surface area contributed by atoms with E-state index in [0.29, 0.717) is 6.04 Å². The summed E-state index contributed by atoms with van der Waals surface area (Å²) in [5, 5.41) is 7.99. The van der Waals surface area contributed by atoms with Gasteiger partial charge in [0.1, 0.15) is 5.76 Å². The Morgan fingerprint density at radius 3 is 2.95 bits per heavy atom. The fourth-order valence-corrected chi connectivity index (χ4v) is 2.10. The summed E-state index contributed by atoms with van der Waals surface area (Å²) in [6.45, 7) is 5.20. The highest BCUT2D eigenvalue weighted by Gasteiger charge is 2.07. The Balaban J connectivity index is 1.76. The Labute approximate surface area is 114 Å². The van der Waals surface area contributed by atoms with Crippen LogP contribution in [0, 0.1) is 0 Å². The highest BCUT2D eigenvalue weighted by Crippen LogP contribution is 2.07. The molecule has 104 valence electrons. The van der Waals surface area contributed by atoms with Gasteiger partial charge in [0.25, 0.3) is 0 Å². The van der Waals surface area contributed by atoms with Gasteiger partial charge in [0.05, 0.1) is 17.7 Å². The van der Waals surface area contributed by atoms with Crippen LogP contribution in [0.4, 0.5) is 0 Å². The number of rotatable bonds is 7. The van der Waals surface area contributed by atoms with Crippen LogP contribution in [0.5, 0.6) is 0 Å². The van der Waals surface area contributed by atoms with E-state index in [1.54, 1.807) is 6.26 Å². The van der Waals surface area contributed by atoms with Gasteiger partial charge in [-0.05, 0) is 38.0 Å². The molecule has 0 amide bonds. The zero-order valence-electron chi connectivity index (χ0n) is 12.0. The van der Waals surface area contributed by atoms with Crippen molar-refractivity contribution in [2.24, 2.45) is 7.05 Å². The van der Waals surface area contributed by atoms with Crippen LogP contribution < -0.4 is 5.32 Å². The van der Waals surface area contributed by atoms with Crippen molar-refractivity contribution in [1.29, 1.82) is 0 Å². The molecule has 1 N–H and O–H groups in total. The van der Waals surface area contributed by atoms with E-state index in [1.807, 2.05) is 23.9 Å². The van der Waals surface area contributed by atoms with Gasteiger partial charge in [0.2, 0.25) is 0 Å². The average Bonchev–Trinajstić information content (AvgIpc) is 3.03. The molecule has 19 heavy (non-hydrogen) atoms. The van der Waals surface area contributed by atoms with Crippen LogP contribution >= 0.6 is 0 Å². The summed E-state index contributed by atoms with van der Waals surface area (Å²) >= 11 is 0. The molecular formula is C15H23N3O. The smallest absolute Gasteiger partial charge is 0.103 e. The Morgan fingerprint density at radius 1 is 1.47 bits per heavy atom. The number of nitrogens with zero attached hydrogens (tertiary/aromatic N) is 2. The number of furan rings is 1. The van der Waals surface area contributed by atoms with Gasteiger partial charge in [0.15, 0.2) is 0 Å². The van der Waals surface area contributed by atoms with Crippen molar-refractivity contribution in [2.45, 2.75) is 45.7 Å². The minimum Gasteiger partial charge on any atom is -0.469 e. The molecule has 0 spiro atoms. The molecule has 0 aromatic carbocycles. The topological polar surface area (TPSA) is 43.0 Å². The van der Waals surface area contributed by atoms with Crippen molar-refractivity contribution in [3.8, 4) is 0 Å². The quantitative estimate of drug-likeness (QED) is 0.833. The summed E-state index contributed by atoms with van der Waals surface area (Å²) in [5.74, 6) is 1.06. The lowest BCUT2D eigenvalue weighted by Crippen LogP contribution is -2.26. The van der Waals surface area contributed by atoms with Gasteiger partial charge in [-0.2, -0.15) is 5.10 Å². The molecule has 1 unspecified atom stereocenters. The minimum absolute atomic E-state index is 0.463. The summed E-state index contributed by atoms with van der Waals surface area (Å²) in [6.07, 6.45) is 4.77. The lowest BCUT2D eigenvalue weighted by atomic mass is 10.1. The molecular weight excluding hydrogens is 238 g/mol. The predicted molar refractivity (Wildman–Crippen MR) is 75.9 cm³/mol. The Kier molecular flexibility index (Phi) is 4.80. The second-order valence-corrected chi connectivity index (χ2v) is 5.00. The third-order valence-electron chi connectivity index (χ3n) is 3.43. The van der Waals surface area contributed by atoms with E-state index in [0.717, 1.165) is 37.3 Å². The van der Waals surface area contributed by atoms with Gasteiger partial charge in [-0.3, -0.25) is 4.68 Å². The van der Waals surface area contributed by atoms with Gasteiger partial charge in [-0.1, -0.05) is 6.92 Å². The van der Waals surface area contributed by atoms with Crippen LogP contribution in [0.3, 0.4) is 0 Å². The predicted octanol–water partition coefficient (Wildman–Crippen LogP) is 2.69. The summed E-state index contributed by atoms with van der Waals surface area (Å²) < 4.78 is 7.31. The van der Waals surface area contributed by atoms with E-state index in [9.17, 15) is 0 Å². The maximum absolute atomic E-state index is 5.34. The minimum atomic E-state index is 0.463. The van der Waals surface area contributed by atoms with Crippen molar-refractivity contribution in [2.75, 3.05) is 0 Å². The van der Waals surface area contributed by atoms with E-state index in [4.69, 9.17) is 4.42 Å². The van der Waals surface area contributed by atoms with E-state index >= 15 is 0 Å².